The SMILES string of the molecule is CC[P+](=O)OCC[N+](C)(C)C. The lowest BCUT2D eigenvalue weighted by Gasteiger charge is -2.21. The topological polar surface area (TPSA) is 26.3 Å². The highest BCUT2D eigenvalue weighted by atomic mass is 31.1. The van der Waals surface area contributed by atoms with E-state index in [1.807, 2.05) is 6.92 Å². The molecule has 66 valence electrons. The van der Waals surface area contributed by atoms with E-state index in [4.69, 9.17) is 4.52 Å². The van der Waals surface area contributed by atoms with Gasteiger partial charge in [0.15, 0.2) is 12.8 Å². The molecule has 0 bridgehead atoms. The Bertz CT molecular complexity index is 131. The van der Waals surface area contributed by atoms with Crippen molar-refractivity contribution in [2.75, 3.05) is 40.5 Å². The van der Waals surface area contributed by atoms with Crippen molar-refractivity contribution in [2.45, 2.75) is 6.92 Å². The number of hydrogen-bond acceptors (Lipinski definition) is 2. The first kappa shape index (κ1) is 11.0. The zero-order chi connectivity index (χ0) is 8.91. The average molecular weight is 179 g/mol. The monoisotopic (exact) mass is 179 g/mol. The summed E-state index contributed by atoms with van der Waals surface area (Å²) in [4.78, 5) is 0. The third-order valence-electron chi connectivity index (χ3n) is 1.26. The van der Waals surface area contributed by atoms with Crippen LogP contribution in [0.5, 0.6) is 0 Å². The predicted octanol–water partition coefficient (Wildman–Crippen LogP) is 1.47. The van der Waals surface area contributed by atoms with Crippen LogP contribution in [0.4, 0.5) is 0 Å². The Labute approximate surface area is 69.8 Å². The Balaban J connectivity index is 3.35. The normalized spacial score (nSPS) is 13.3. The summed E-state index contributed by atoms with van der Waals surface area (Å²) in [6.45, 7) is 3.36. The molecule has 0 saturated heterocycles. The van der Waals surface area contributed by atoms with E-state index in [1.54, 1.807) is 0 Å². The summed E-state index contributed by atoms with van der Waals surface area (Å²) in [7, 11) is 4.87. The summed E-state index contributed by atoms with van der Waals surface area (Å²) in [5.41, 5.74) is 0. The first-order chi connectivity index (χ1) is 4.95. The molecular formula is C7H18NO2P+2. The third kappa shape index (κ3) is 7.92. The van der Waals surface area contributed by atoms with Crippen LogP contribution in [0.2, 0.25) is 0 Å². The van der Waals surface area contributed by atoms with E-state index in [0.29, 0.717) is 12.8 Å². The van der Waals surface area contributed by atoms with Crippen molar-refractivity contribution in [1.82, 2.24) is 0 Å². The molecule has 0 aromatic rings. The van der Waals surface area contributed by atoms with Crippen LogP contribution in [0.25, 0.3) is 0 Å². The van der Waals surface area contributed by atoms with Gasteiger partial charge in [-0.1, -0.05) is 0 Å². The van der Waals surface area contributed by atoms with E-state index in [-0.39, 0.29) is 0 Å². The van der Waals surface area contributed by atoms with E-state index in [1.165, 1.54) is 0 Å². The number of likely N-dealkylation sites (N-methyl/N-ethyl adjacent to an activating group) is 1. The van der Waals surface area contributed by atoms with Crippen LogP contribution in [0.1, 0.15) is 6.92 Å². The van der Waals surface area contributed by atoms with Gasteiger partial charge in [-0.15, -0.1) is 4.52 Å². The Morgan fingerprint density at radius 3 is 2.27 bits per heavy atom. The van der Waals surface area contributed by atoms with Crippen molar-refractivity contribution in [2.24, 2.45) is 0 Å². The highest BCUT2D eigenvalue weighted by Crippen LogP contribution is 2.20. The van der Waals surface area contributed by atoms with Crippen LogP contribution in [0.3, 0.4) is 0 Å². The quantitative estimate of drug-likeness (QED) is 0.472. The van der Waals surface area contributed by atoms with Crippen molar-refractivity contribution < 1.29 is 13.6 Å². The number of nitrogens with zero attached hydrogens (tertiary/aromatic N) is 1. The molecule has 0 fully saturated rings. The van der Waals surface area contributed by atoms with E-state index in [2.05, 4.69) is 21.1 Å². The van der Waals surface area contributed by atoms with Crippen molar-refractivity contribution in [1.29, 1.82) is 0 Å². The highest BCUT2D eigenvalue weighted by molar-refractivity contribution is 7.39. The predicted molar refractivity (Wildman–Crippen MR) is 47.0 cm³/mol. The third-order valence-corrected chi connectivity index (χ3v) is 2.24. The molecule has 1 unspecified atom stereocenters. The minimum Gasteiger partial charge on any atom is -0.329 e. The van der Waals surface area contributed by atoms with Gasteiger partial charge in [0.05, 0.1) is 21.1 Å². The van der Waals surface area contributed by atoms with Gasteiger partial charge in [-0.3, -0.25) is 0 Å². The Hall–Kier alpha value is 0.0200. The van der Waals surface area contributed by atoms with Gasteiger partial charge < -0.3 is 4.48 Å². The summed E-state index contributed by atoms with van der Waals surface area (Å²) in [6, 6.07) is 0. The fraction of sp³-hybridized carbons (Fsp3) is 1.00. The van der Waals surface area contributed by atoms with Gasteiger partial charge in [-0.25, -0.2) is 0 Å². The van der Waals surface area contributed by atoms with Crippen LogP contribution < -0.4 is 0 Å². The molecule has 0 aliphatic rings. The van der Waals surface area contributed by atoms with Crippen LogP contribution in [-0.2, 0) is 9.09 Å². The van der Waals surface area contributed by atoms with Gasteiger partial charge in [-0.05, 0) is 11.5 Å². The van der Waals surface area contributed by atoms with Gasteiger partial charge in [0.2, 0.25) is 0 Å². The van der Waals surface area contributed by atoms with E-state index < -0.39 is 8.03 Å². The summed E-state index contributed by atoms with van der Waals surface area (Å²) in [5.74, 6) is 0. The fourth-order valence-electron chi connectivity index (χ4n) is 0.508. The number of quaternary nitrogens is 1. The van der Waals surface area contributed by atoms with E-state index in [0.717, 1.165) is 11.0 Å². The van der Waals surface area contributed by atoms with E-state index in [9.17, 15) is 4.57 Å². The molecule has 0 aliphatic carbocycles. The second-order valence-electron chi connectivity index (χ2n) is 3.50. The van der Waals surface area contributed by atoms with Gasteiger partial charge in [0.1, 0.15) is 6.54 Å². The fourth-order valence-corrected chi connectivity index (χ4v) is 0.976. The average Bonchev–Trinajstić information content (AvgIpc) is 1.85. The largest absolute Gasteiger partial charge is 0.507 e. The molecule has 0 N–H and O–H groups in total. The molecule has 0 spiro atoms. The smallest absolute Gasteiger partial charge is 0.329 e. The summed E-state index contributed by atoms with van der Waals surface area (Å²) in [5, 5.41) is 0. The Morgan fingerprint density at radius 1 is 1.36 bits per heavy atom. The zero-order valence-corrected chi connectivity index (χ0v) is 8.73. The van der Waals surface area contributed by atoms with Crippen molar-refractivity contribution in [3.63, 3.8) is 0 Å². The molecule has 0 rings (SSSR count). The van der Waals surface area contributed by atoms with Crippen LogP contribution >= 0.6 is 8.03 Å². The van der Waals surface area contributed by atoms with E-state index >= 15 is 0 Å². The van der Waals surface area contributed by atoms with Crippen molar-refractivity contribution in [3.8, 4) is 0 Å². The number of hydrogen-bond donors (Lipinski definition) is 0. The summed E-state index contributed by atoms with van der Waals surface area (Å²) in [6.07, 6.45) is 0.618. The van der Waals surface area contributed by atoms with Crippen LogP contribution in [0, 0.1) is 0 Å². The minimum absolute atomic E-state index is 0.590. The second kappa shape index (κ2) is 4.81. The first-order valence-corrected chi connectivity index (χ1v) is 5.20. The molecule has 0 aliphatic heterocycles. The lowest BCUT2D eigenvalue weighted by Crippen LogP contribution is -2.37. The molecule has 0 saturated carbocycles. The first-order valence-electron chi connectivity index (χ1n) is 3.84. The van der Waals surface area contributed by atoms with Crippen molar-refractivity contribution >= 4 is 8.03 Å². The molecule has 0 aromatic heterocycles. The van der Waals surface area contributed by atoms with Crippen LogP contribution in [-0.4, -0.2) is 44.9 Å². The van der Waals surface area contributed by atoms with Gasteiger partial charge in [-0.2, -0.15) is 0 Å². The van der Waals surface area contributed by atoms with Gasteiger partial charge in [0.25, 0.3) is 0 Å². The number of rotatable bonds is 5. The minimum atomic E-state index is -1.39. The molecule has 1 atom stereocenters. The maximum Gasteiger partial charge on any atom is 0.507 e. The maximum atomic E-state index is 10.8. The summed E-state index contributed by atoms with van der Waals surface area (Å²) < 4.78 is 16.7. The van der Waals surface area contributed by atoms with Gasteiger partial charge in [0, 0.05) is 0 Å². The molecule has 0 heterocycles. The molecule has 4 heteroatoms. The lowest BCUT2D eigenvalue weighted by molar-refractivity contribution is -0.870. The maximum absolute atomic E-state index is 10.8. The molecule has 11 heavy (non-hydrogen) atoms. The lowest BCUT2D eigenvalue weighted by atomic mass is 10.5. The Morgan fingerprint density at radius 2 is 1.91 bits per heavy atom. The van der Waals surface area contributed by atoms with Gasteiger partial charge >= 0.3 is 8.03 Å². The van der Waals surface area contributed by atoms with Crippen LogP contribution in [0.15, 0.2) is 0 Å². The molecule has 0 amide bonds. The molecule has 3 nitrogen and oxygen atoms in total. The van der Waals surface area contributed by atoms with Crippen molar-refractivity contribution in [3.05, 3.63) is 0 Å². The highest BCUT2D eigenvalue weighted by Gasteiger charge is 2.15. The summed E-state index contributed by atoms with van der Waals surface area (Å²) >= 11 is 0. The molecular weight excluding hydrogens is 161 g/mol. The zero-order valence-electron chi connectivity index (χ0n) is 7.83. The standard InChI is InChI=1S/C7H18NO2P/c1-5-11(9)10-7-6-8(2,3)4/h5-7H2,1-4H3/q+2. The molecule has 0 aromatic carbocycles. The second-order valence-corrected chi connectivity index (χ2v) is 5.05. The molecule has 0 radical (unpaired) electrons. The Kier molecular flexibility index (Phi) is 4.82.